The maximum Gasteiger partial charge on any atom is 0.401 e. The number of aliphatic hydroxyl groups is 1. The van der Waals surface area contributed by atoms with Crippen LogP contribution in [-0.4, -0.2) is 35.8 Å². The predicted molar refractivity (Wildman–Crippen MR) is 64.1 cm³/mol. The monoisotopic (exact) mass is 297 g/mol. The number of hydrogen-bond donors (Lipinski definition) is 1. The SMILES string of the molecule is CCCN(CC(O)c1cccc(F)c1F)CC(F)(F)F. The van der Waals surface area contributed by atoms with Crippen molar-refractivity contribution in [3.8, 4) is 0 Å². The fourth-order valence-corrected chi connectivity index (χ4v) is 1.93. The Morgan fingerprint density at radius 2 is 1.90 bits per heavy atom. The summed E-state index contributed by atoms with van der Waals surface area (Å²) in [5, 5.41) is 9.80. The van der Waals surface area contributed by atoms with Gasteiger partial charge in [0.1, 0.15) is 0 Å². The van der Waals surface area contributed by atoms with Gasteiger partial charge >= 0.3 is 6.18 Å². The van der Waals surface area contributed by atoms with Crippen molar-refractivity contribution in [3.05, 3.63) is 35.4 Å². The Kier molecular flexibility index (Phi) is 5.88. The van der Waals surface area contributed by atoms with Crippen LogP contribution in [0.5, 0.6) is 0 Å². The molecule has 0 amide bonds. The minimum atomic E-state index is -4.41. The summed E-state index contributed by atoms with van der Waals surface area (Å²) in [6.07, 6.45) is -5.47. The quantitative estimate of drug-likeness (QED) is 0.815. The van der Waals surface area contributed by atoms with E-state index in [4.69, 9.17) is 0 Å². The summed E-state index contributed by atoms with van der Waals surface area (Å²) in [7, 11) is 0. The molecule has 0 saturated carbocycles. The molecule has 0 spiro atoms. The van der Waals surface area contributed by atoms with Crippen LogP contribution in [0.1, 0.15) is 25.0 Å². The Balaban J connectivity index is 2.79. The summed E-state index contributed by atoms with van der Waals surface area (Å²) in [4.78, 5) is 0.967. The van der Waals surface area contributed by atoms with Gasteiger partial charge < -0.3 is 5.11 Å². The molecule has 0 bridgehead atoms. The van der Waals surface area contributed by atoms with Crippen molar-refractivity contribution in [2.75, 3.05) is 19.6 Å². The number of halogens is 5. The Labute approximate surface area is 113 Å². The van der Waals surface area contributed by atoms with E-state index in [2.05, 4.69) is 0 Å². The van der Waals surface area contributed by atoms with Gasteiger partial charge in [-0.3, -0.25) is 4.90 Å². The molecule has 1 aromatic carbocycles. The van der Waals surface area contributed by atoms with E-state index in [-0.39, 0.29) is 12.1 Å². The number of rotatable bonds is 6. The summed E-state index contributed by atoms with van der Waals surface area (Å²) in [5.74, 6) is -2.37. The van der Waals surface area contributed by atoms with Crippen molar-refractivity contribution < 1.29 is 27.1 Å². The molecule has 1 aromatic rings. The first-order valence-corrected chi connectivity index (χ1v) is 6.15. The molecular weight excluding hydrogens is 281 g/mol. The first-order chi connectivity index (χ1) is 9.24. The Morgan fingerprint density at radius 3 is 2.45 bits per heavy atom. The lowest BCUT2D eigenvalue weighted by molar-refractivity contribution is -0.148. The molecule has 0 saturated heterocycles. The molecule has 0 fully saturated rings. The average Bonchev–Trinajstić information content (AvgIpc) is 2.30. The summed E-state index contributed by atoms with van der Waals surface area (Å²) >= 11 is 0. The minimum absolute atomic E-state index is 0.105. The lowest BCUT2D eigenvalue weighted by Gasteiger charge is -2.25. The van der Waals surface area contributed by atoms with E-state index < -0.39 is 37.0 Å². The van der Waals surface area contributed by atoms with Crippen LogP contribution in [0.15, 0.2) is 18.2 Å². The summed E-state index contributed by atoms with van der Waals surface area (Å²) < 4.78 is 63.6. The molecule has 0 aliphatic carbocycles. The third kappa shape index (κ3) is 5.05. The zero-order valence-corrected chi connectivity index (χ0v) is 10.9. The standard InChI is InChI=1S/C13H16F5NO/c1-2-6-19(8-13(16,17)18)7-11(20)9-4-3-5-10(14)12(9)15/h3-5,11,20H,2,6-8H2,1H3. The van der Waals surface area contributed by atoms with Gasteiger partial charge in [0.05, 0.1) is 12.6 Å². The molecule has 7 heteroatoms. The smallest absolute Gasteiger partial charge is 0.387 e. The van der Waals surface area contributed by atoms with Crippen molar-refractivity contribution >= 4 is 0 Å². The van der Waals surface area contributed by atoms with Crippen LogP contribution < -0.4 is 0 Å². The molecule has 1 atom stereocenters. The van der Waals surface area contributed by atoms with E-state index in [0.717, 1.165) is 17.0 Å². The topological polar surface area (TPSA) is 23.5 Å². The van der Waals surface area contributed by atoms with E-state index in [1.807, 2.05) is 0 Å². The van der Waals surface area contributed by atoms with Gasteiger partial charge in [-0.2, -0.15) is 13.2 Å². The van der Waals surface area contributed by atoms with E-state index in [0.29, 0.717) is 6.42 Å². The van der Waals surface area contributed by atoms with Crippen molar-refractivity contribution in [2.45, 2.75) is 25.6 Å². The highest BCUT2D eigenvalue weighted by Gasteiger charge is 2.31. The van der Waals surface area contributed by atoms with Crippen molar-refractivity contribution in [3.63, 3.8) is 0 Å². The number of alkyl halides is 3. The van der Waals surface area contributed by atoms with E-state index in [1.165, 1.54) is 6.07 Å². The third-order valence-electron chi connectivity index (χ3n) is 2.71. The summed E-state index contributed by atoms with van der Waals surface area (Å²) in [5.41, 5.74) is -0.340. The number of hydrogen-bond acceptors (Lipinski definition) is 2. The van der Waals surface area contributed by atoms with Crippen LogP contribution in [0, 0.1) is 11.6 Å². The fraction of sp³-hybridized carbons (Fsp3) is 0.538. The van der Waals surface area contributed by atoms with Crippen LogP contribution in [-0.2, 0) is 0 Å². The minimum Gasteiger partial charge on any atom is -0.387 e. The van der Waals surface area contributed by atoms with E-state index >= 15 is 0 Å². The van der Waals surface area contributed by atoms with Gasteiger partial charge in [0.15, 0.2) is 11.6 Å². The molecule has 1 unspecified atom stereocenters. The predicted octanol–water partition coefficient (Wildman–Crippen LogP) is 3.27. The highest BCUT2D eigenvalue weighted by molar-refractivity contribution is 5.21. The molecule has 0 heterocycles. The van der Waals surface area contributed by atoms with Gasteiger partial charge in [-0.15, -0.1) is 0 Å². The van der Waals surface area contributed by atoms with Gasteiger partial charge in [0.2, 0.25) is 0 Å². The van der Waals surface area contributed by atoms with Gasteiger partial charge in [0.25, 0.3) is 0 Å². The molecule has 1 N–H and O–H groups in total. The van der Waals surface area contributed by atoms with Crippen LogP contribution in [0.3, 0.4) is 0 Å². The second kappa shape index (κ2) is 6.99. The molecule has 0 aromatic heterocycles. The molecule has 1 rings (SSSR count). The van der Waals surface area contributed by atoms with Gasteiger partial charge in [-0.1, -0.05) is 19.1 Å². The third-order valence-corrected chi connectivity index (χ3v) is 2.71. The zero-order valence-electron chi connectivity index (χ0n) is 10.9. The number of nitrogens with zero attached hydrogens (tertiary/aromatic N) is 1. The van der Waals surface area contributed by atoms with Crippen LogP contribution in [0.4, 0.5) is 22.0 Å². The Morgan fingerprint density at radius 1 is 1.25 bits per heavy atom. The maximum absolute atomic E-state index is 13.5. The largest absolute Gasteiger partial charge is 0.401 e. The lowest BCUT2D eigenvalue weighted by atomic mass is 10.1. The molecule has 0 aliphatic rings. The van der Waals surface area contributed by atoms with Gasteiger partial charge in [-0.05, 0) is 19.0 Å². The van der Waals surface area contributed by atoms with E-state index in [1.54, 1.807) is 6.92 Å². The molecule has 0 aliphatic heterocycles. The van der Waals surface area contributed by atoms with Crippen LogP contribution >= 0.6 is 0 Å². The Bertz CT molecular complexity index is 435. The average molecular weight is 297 g/mol. The molecule has 114 valence electrons. The highest BCUT2D eigenvalue weighted by atomic mass is 19.4. The Hall–Kier alpha value is -1.21. The first-order valence-electron chi connectivity index (χ1n) is 6.15. The number of benzene rings is 1. The normalized spacial score (nSPS) is 13.8. The van der Waals surface area contributed by atoms with Crippen LogP contribution in [0.25, 0.3) is 0 Å². The van der Waals surface area contributed by atoms with E-state index in [9.17, 15) is 27.1 Å². The zero-order chi connectivity index (χ0) is 15.3. The van der Waals surface area contributed by atoms with Crippen molar-refractivity contribution in [1.29, 1.82) is 0 Å². The molecular formula is C13H16F5NO. The second-order valence-corrected chi connectivity index (χ2v) is 4.51. The summed E-state index contributed by atoms with van der Waals surface area (Å²) in [6, 6.07) is 3.23. The first kappa shape index (κ1) is 16.8. The highest BCUT2D eigenvalue weighted by Crippen LogP contribution is 2.22. The molecule has 20 heavy (non-hydrogen) atoms. The second-order valence-electron chi connectivity index (χ2n) is 4.51. The lowest BCUT2D eigenvalue weighted by Crippen LogP contribution is -2.37. The maximum atomic E-state index is 13.5. The van der Waals surface area contributed by atoms with Gasteiger partial charge in [-0.25, -0.2) is 8.78 Å². The van der Waals surface area contributed by atoms with Crippen molar-refractivity contribution in [2.24, 2.45) is 0 Å². The van der Waals surface area contributed by atoms with Gasteiger partial charge in [0, 0.05) is 12.1 Å². The fourth-order valence-electron chi connectivity index (χ4n) is 1.93. The molecule has 0 radical (unpaired) electrons. The van der Waals surface area contributed by atoms with Crippen molar-refractivity contribution in [1.82, 2.24) is 4.90 Å². The van der Waals surface area contributed by atoms with Crippen LogP contribution in [0.2, 0.25) is 0 Å². The number of aliphatic hydroxyl groups excluding tert-OH is 1. The molecule has 2 nitrogen and oxygen atoms in total. The summed E-state index contributed by atoms with van der Waals surface area (Å²) in [6.45, 7) is 0.189.